The highest BCUT2D eigenvalue weighted by atomic mass is 35.5. The lowest BCUT2D eigenvalue weighted by Gasteiger charge is -2.35. The van der Waals surface area contributed by atoms with Crippen LogP contribution in [0, 0.1) is 24.7 Å². The molecular formula is C36H53ClN2O2. The maximum absolute atomic E-state index is 11.3. The van der Waals surface area contributed by atoms with Crippen molar-refractivity contribution in [1.29, 1.82) is 0 Å². The molecule has 1 aliphatic heterocycles. The first-order chi connectivity index (χ1) is 19.8. The minimum absolute atomic E-state index is 0.343. The van der Waals surface area contributed by atoms with Crippen molar-refractivity contribution < 1.29 is 9.59 Å². The zero-order valence-electron chi connectivity index (χ0n) is 26.6. The van der Waals surface area contributed by atoms with Crippen LogP contribution in [0.5, 0.6) is 0 Å². The van der Waals surface area contributed by atoms with E-state index < -0.39 is 0 Å². The van der Waals surface area contributed by atoms with Crippen LogP contribution in [-0.4, -0.2) is 42.2 Å². The Hall–Kier alpha value is -2.69. The maximum atomic E-state index is 11.3. The molecule has 1 aliphatic carbocycles. The van der Waals surface area contributed by atoms with Crippen LogP contribution in [0.15, 0.2) is 61.2 Å². The van der Waals surface area contributed by atoms with Crippen molar-refractivity contribution in [2.45, 2.75) is 80.2 Å². The Morgan fingerprint density at radius 2 is 1.78 bits per heavy atom. The third-order valence-electron chi connectivity index (χ3n) is 7.53. The second-order valence-electron chi connectivity index (χ2n) is 10.7. The molecule has 1 aromatic heterocycles. The SMILES string of the molecule is C=C/C(=C(\C=C/C(C)CC)C1CC1)c1c(C)n(CC=O)c2ccc(Cl)cc12.C=CC=O.CC.CCCC1CN(C)C1. The van der Waals surface area contributed by atoms with Crippen LogP contribution < -0.4 is 0 Å². The number of fused-ring (bicyclic) bond motifs is 1. The molecule has 2 aliphatic rings. The van der Waals surface area contributed by atoms with Gasteiger partial charge < -0.3 is 14.3 Å². The van der Waals surface area contributed by atoms with E-state index in [1.54, 1.807) is 0 Å². The van der Waals surface area contributed by atoms with E-state index in [9.17, 15) is 4.79 Å². The van der Waals surface area contributed by atoms with Gasteiger partial charge in [0.25, 0.3) is 0 Å². The number of aldehydes is 2. The van der Waals surface area contributed by atoms with E-state index in [0.717, 1.165) is 40.8 Å². The molecule has 2 aromatic rings. The summed E-state index contributed by atoms with van der Waals surface area (Å²) in [4.78, 5) is 22.7. The van der Waals surface area contributed by atoms with Crippen molar-refractivity contribution in [3.63, 3.8) is 0 Å². The lowest BCUT2D eigenvalue weighted by atomic mass is 9.93. The van der Waals surface area contributed by atoms with Crippen LogP contribution in [-0.2, 0) is 16.1 Å². The number of rotatable bonds is 11. The molecule has 0 radical (unpaired) electrons. The average molecular weight is 581 g/mol. The summed E-state index contributed by atoms with van der Waals surface area (Å²) in [5, 5.41) is 1.80. The van der Waals surface area contributed by atoms with Gasteiger partial charge in [0, 0.05) is 40.3 Å². The number of nitrogens with zero attached hydrogens (tertiary/aromatic N) is 2. The van der Waals surface area contributed by atoms with Gasteiger partial charge in [-0.25, -0.2) is 0 Å². The predicted molar refractivity (Wildman–Crippen MR) is 180 cm³/mol. The predicted octanol–water partition coefficient (Wildman–Crippen LogP) is 9.50. The number of aromatic nitrogens is 1. The van der Waals surface area contributed by atoms with Gasteiger partial charge >= 0.3 is 0 Å². The van der Waals surface area contributed by atoms with Gasteiger partial charge in [-0.2, -0.15) is 0 Å². The molecule has 0 amide bonds. The zero-order valence-corrected chi connectivity index (χ0v) is 27.3. The molecule has 1 saturated carbocycles. The fraction of sp³-hybridized carbons (Fsp3) is 0.500. The normalized spacial score (nSPS) is 16.1. The molecule has 2 fully saturated rings. The molecule has 1 saturated heterocycles. The highest BCUT2D eigenvalue weighted by Crippen LogP contribution is 2.44. The summed E-state index contributed by atoms with van der Waals surface area (Å²) in [5.74, 6) is 2.18. The molecule has 1 aromatic carbocycles. The van der Waals surface area contributed by atoms with Crippen LogP contribution in [0.1, 0.15) is 78.0 Å². The quantitative estimate of drug-likeness (QED) is 0.151. The van der Waals surface area contributed by atoms with E-state index in [1.165, 1.54) is 56.0 Å². The minimum atomic E-state index is 0.343. The van der Waals surface area contributed by atoms with Crippen LogP contribution in [0.4, 0.5) is 0 Å². The number of benzene rings is 1. The number of hydrogen-bond acceptors (Lipinski definition) is 3. The molecule has 0 bridgehead atoms. The first-order valence-corrected chi connectivity index (χ1v) is 15.7. The standard InChI is InChI=1S/C24H28ClNO.C7H15N.C3H4O.C2H6/c1-5-16(3)7-11-21(18-8-9-18)20(6-2)24-17(4)26(13-14-27)23-12-10-19(25)15-22(23)24;1-3-4-7-5-8(2)6-7;1-2-3-4;1-2/h6-7,10-12,14-16,18H,2,5,8-9,13H2,1,3-4H3;7H,3-6H2,1-2H3;2-3H,1H2;1-2H3/b11-7-,21-20-;;;. The van der Waals surface area contributed by atoms with E-state index in [-0.39, 0.29) is 0 Å². The first kappa shape index (κ1) is 36.3. The Bertz CT molecular complexity index is 1170. The highest BCUT2D eigenvalue weighted by molar-refractivity contribution is 6.31. The summed E-state index contributed by atoms with van der Waals surface area (Å²) >= 11 is 6.32. The van der Waals surface area contributed by atoms with Crippen molar-refractivity contribution >= 4 is 40.6 Å². The first-order valence-electron chi connectivity index (χ1n) is 15.3. The monoisotopic (exact) mass is 580 g/mol. The van der Waals surface area contributed by atoms with Crippen molar-refractivity contribution in [2.24, 2.45) is 17.8 Å². The molecule has 0 N–H and O–H groups in total. The smallest absolute Gasteiger partial charge is 0.142 e. The maximum Gasteiger partial charge on any atom is 0.142 e. The number of carbonyl (C=O) groups is 2. The average Bonchev–Trinajstić information content (AvgIpc) is 3.78. The fourth-order valence-electron chi connectivity index (χ4n) is 5.13. The van der Waals surface area contributed by atoms with Crippen molar-refractivity contribution in [3.8, 4) is 0 Å². The molecule has 1 unspecified atom stereocenters. The van der Waals surface area contributed by atoms with Gasteiger partial charge in [-0.3, -0.25) is 4.79 Å². The van der Waals surface area contributed by atoms with Gasteiger partial charge in [-0.1, -0.05) is 90.4 Å². The Balaban J connectivity index is 0.000000496. The third kappa shape index (κ3) is 10.9. The Morgan fingerprint density at radius 1 is 1.15 bits per heavy atom. The number of carbonyl (C=O) groups excluding carboxylic acids is 2. The van der Waals surface area contributed by atoms with Gasteiger partial charge in [-0.15, -0.1) is 0 Å². The van der Waals surface area contributed by atoms with Gasteiger partial charge in [0.15, 0.2) is 0 Å². The van der Waals surface area contributed by atoms with Gasteiger partial charge in [0.05, 0.1) is 6.54 Å². The number of hydrogen-bond donors (Lipinski definition) is 0. The summed E-state index contributed by atoms with van der Waals surface area (Å²) in [6.45, 7) is 23.1. The second-order valence-corrected chi connectivity index (χ2v) is 11.2. The van der Waals surface area contributed by atoms with Gasteiger partial charge in [-0.05, 0) is 86.4 Å². The van der Waals surface area contributed by atoms with E-state index in [2.05, 4.69) is 69.5 Å². The fourth-order valence-corrected chi connectivity index (χ4v) is 5.30. The molecule has 41 heavy (non-hydrogen) atoms. The summed E-state index contributed by atoms with van der Waals surface area (Å²) in [5.41, 5.74) is 5.81. The minimum Gasteiger partial charge on any atom is -0.337 e. The van der Waals surface area contributed by atoms with Crippen molar-refractivity contribution in [3.05, 3.63) is 77.5 Å². The third-order valence-corrected chi connectivity index (χ3v) is 7.76. The molecule has 5 heteroatoms. The molecule has 226 valence electrons. The molecule has 1 atom stereocenters. The summed E-state index contributed by atoms with van der Waals surface area (Å²) < 4.78 is 2.07. The zero-order chi connectivity index (χ0) is 30.9. The van der Waals surface area contributed by atoms with Crippen LogP contribution in [0.25, 0.3) is 16.5 Å². The van der Waals surface area contributed by atoms with Crippen molar-refractivity contribution in [1.82, 2.24) is 9.47 Å². The second kappa shape index (κ2) is 19.4. The molecular weight excluding hydrogens is 528 g/mol. The Morgan fingerprint density at radius 3 is 2.24 bits per heavy atom. The van der Waals surface area contributed by atoms with Crippen LogP contribution in [0.3, 0.4) is 0 Å². The molecule has 0 spiro atoms. The van der Waals surface area contributed by atoms with E-state index in [0.29, 0.717) is 29.7 Å². The van der Waals surface area contributed by atoms with E-state index >= 15 is 0 Å². The topological polar surface area (TPSA) is 42.3 Å². The highest BCUT2D eigenvalue weighted by Gasteiger charge is 2.28. The largest absolute Gasteiger partial charge is 0.337 e. The number of allylic oxidation sites excluding steroid dienone is 6. The lowest BCUT2D eigenvalue weighted by molar-refractivity contribution is -0.108. The van der Waals surface area contributed by atoms with Crippen molar-refractivity contribution in [2.75, 3.05) is 20.1 Å². The number of likely N-dealkylation sites (tertiary alicyclic amines) is 1. The van der Waals surface area contributed by atoms with E-state index in [1.807, 2.05) is 38.1 Å². The van der Waals surface area contributed by atoms with Crippen LogP contribution >= 0.6 is 11.6 Å². The summed E-state index contributed by atoms with van der Waals surface area (Å²) in [6.07, 6.45) is 15.7. The Kier molecular flexibility index (Phi) is 17.2. The number of halogens is 1. The van der Waals surface area contributed by atoms with Gasteiger partial charge in [0.2, 0.25) is 0 Å². The molecule has 2 heterocycles. The van der Waals surface area contributed by atoms with E-state index in [4.69, 9.17) is 16.4 Å². The lowest BCUT2D eigenvalue weighted by Crippen LogP contribution is -2.43. The molecule has 4 nitrogen and oxygen atoms in total. The Labute approximate surface area is 254 Å². The molecule has 4 rings (SSSR count). The summed E-state index contributed by atoms with van der Waals surface area (Å²) in [7, 11) is 2.19. The summed E-state index contributed by atoms with van der Waals surface area (Å²) in [6, 6.07) is 5.90. The van der Waals surface area contributed by atoms with Gasteiger partial charge in [0.1, 0.15) is 12.6 Å². The van der Waals surface area contributed by atoms with Crippen LogP contribution in [0.2, 0.25) is 5.02 Å².